The first-order chi connectivity index (χ1) is 15.9. The summed E-state index contributed by atoms with van der Waals surface area (Å²) in [6.45, 7) is 5.08. The minimum absolute atomic E-state index is 0.123. The lowest BCUT2D eigenvalue weighted by Gasteiger charge is -2.56. The molecule has 1 atom stereocenters. The van der Waals surface area contributed by atoms with Crippen LogP contribution in [0.25, 0.3) is 10.8 Å². The molecule has 3 N–H and O–H groups in total. The van der Waals surface area contributed by atoms with Crippen molar-refractivity contribution >= 4 is 34.4 Å². The second kappa shape index (κ2) is 8.18. The van der Waals surface area contributed by atoms with Gasteiger partial charge in [0.1, 0.15) is 5.82 Å². The Bertz CT molecular complexity index is 1220. The molecule has 0 bridgehead atoms. The average molecular weight is 456 g/mol. The van der Waals surface area contributed by atoms with E-state index in [1.165, 1.54) is 12.1 Å². The molecule has 1 unspecified atom stereocenters. The summed E-state index contributed by atoms with van der Waals surface area (Å²) >= 11 is 0. The molecule has 3 heterocycles. The lowest BCUT2D eigenvalue weighted by Crippen LogP contribution is -2.66. The second-order valence-corrected chi connectivity index (χ2v) is 8.65. The summed E-state index contributed by atoms with van der Waals surface area (Å²) in [5.41, 5.74) is 6.23. The second-order valence-electron chi connectivity index (χ2n) is 8.65. The Kier molecular flexibility index (Phi) is 5.32. The molecule has 2 fully saturated rings. The molecule has 0 radical (unpaired) electrons. The highest BCUT2D eigenvalue weighted by atomic mass is 19.3. The summed E-state index contributed by atoms with van der Waals surface area (Å²) in [5.74, 6) is -0.168. The number of anilines is 2. The first-order valence-electron chi connectivity index (χ1n) is 10.6. The van der Waals surface area contributed by atoms with Crippen molar-refractivity contribution in [1.29, 1.82) is 0 Å². The number of nitrogens with zero attached hydrogens (tertiary/aromatic N) is 4. The van der Waals surface area contributed by atoms with Crippen LogP contribution in [0.2, 0.25) is 0 Å². The zero-order valence-corrected chi connectivity index (χ0v) is 17.9. The van der Waals surface area contributed by atoms with Crippen LogP contribution in [0.5, 0.6) is 0 Å². The SMILES string of the molecule is CC(Nc1nnc(N=CN)c2ccc(N3CC4(COC4)C3)cc12)c1cccc(C(F)F)c1F. The Labute approximate surface area is 188 Å². The number of hydrogen-bond donors (Lipinski definition) is 2. The normalized spacial score (nSPS) is 18.0. The largest absolute Gasteiger partial charge is 0.390 e. The molecule has 7 nitrogen and oxygen atoms in total. The number of aromatic nitrogens is 2. The van der Waals surface area contributed by atoms with Crippen molar-refractivity contribution in [3.63, 3.8) is 0 Å². The zero-order valence-electron chi connectivity index (χ0n) is 17.9. The monoisotopic (exact) mass is 456 g/mol. The molecule has 2 aliphatic heterocycles. The van der Waals surface area contributed by atoms with E-state index < -0.39 is 23.8 Å². The highest BCUT2D eigenvalue weighted by molar-refractivity contribution is 6.00. The predicted octanol–water partition coefficient (Wildman–Crippen LogP) is 4.33. The molecule has 33 heavy (non-hydrogen) atoms. The summed E-state index contributed by atoms with van der Waals surface area (Å²) in [4.78, 5) is 6.35. The van der Waals surface area contributed by atoms with Gasteiger partial charge in [0.05, 0.1) is 36.6 Å². The number of fused-ring (bicyclic) bond motifs is 1. The van der Waals surface area contributed by atoms with Crippen LogP contribution in [-0.4, -0.2) is 42.8 Å². The standard InChI is InChI=1S/C23H23F3N6O/c1-13(15-3-2-4-17(19(15)24)20(25)26)29-22-18-7-14(32-8-23(9-32)10-33-11-23)5-6-16(18)21(28-12-27)30-31-22/h2-7,12-13,20H,8-11H2,1H3,(H,29,31)(H2,27,28,30). The van der Waals surface area contributed by atoms with Crippen molar-refractivity contribution in [2.24, 2.45) is 16.1 Å². The number of alkyl halides is 2. The van der Waals surface area contributed by atoms with Crippen molar-refractivity contribution in [3.8, 4) is 0 Å². The van der Waals surface area contributed by atoms with Crippen LogP contribution in [0.3, 0.4) is 0 Å². The molecule has 0 amide bonds. The first kappa shape index (κ1) is 21.4. The van der Waals surface area contributed by atoms with Crippen molar-refractivity contribution in [1.82, 2.24) is 10.2 Å². The van der Waals surface area contributed by atoms with Crippen LogP contribution in [0.15, 0.2) is 41.4 Å². The van der Waals surface area contributed by atoms with E-state index >= 15 is 0 Å². The summed E-state index contributed by atoms with van der Waals surface area (Å²) in [7, 11) is 0. The highest BCUT2D eigenvalue weighted by Crippen LogP contribution is 2.42. The van der Waals surface area contributed by atoms with Gasteiger partial charge in [0.15, 0.2) is 11.6 Å². The van der Waals surface area contributed by atoms with Crippen LogP contribution >= 0.6 is 0 Å². The van der Waals surface area contributed by atoms with Crippen LogP contribution in [-0.2, 0) is 4.74 Å². The first-order valence-corrected chi connectivity index (χ1v) is 10.6. The minimum Gasteiger partial charge on any atom is -0.390 e. The molecule has 2 aromatic carbocycles. The molecule has 10 heteroatoms. The smallest absolute Gasteiger partial charge is 0.266 e. The molecule has 2 aliphatic rings. The number of nitrogens with one attached hydrogen (secondary N) is 1. The highest BCUT2D eigenvalue weighted by Gasteiger charge is 2.49. The molecule has 2 saturated heterocycles. The number of nitrogens with two attached hydrogens (primary N) is 1. The topological polar surface area (TPSA) is 88.7 Å². The Morgan fingerprint density at radius 3 is 2.58 bits per heavy atom. The van der Waals surface area contributed by atoms with E-state index in [0.29, 0.717) is 17.0 Å². The van der Waals surface area contributed by atoms with E-state index in [-0.39, 0.29) is 11.0 Å². The van der Waals surface area contributed by atoms with Crippen molar-refractivity contribution in [2.75, 3.05) is 36.5 Å². The lowest BCUT2D eigenvalue weighted by molar-refractivity contribution is -0.127. The molecular weight excluding hydrogens is 433 g/mol. The van der Waals surface area contributed by atoms with Gasteiger partial charge in [-0.15, -0.1) is 10.2 Å². The zero-order chi connectivity index (χ0) is 23.2. The summed E-state index contributed by atoms with van der Waals surface area (Å²) in [5, 5.41) is 13.0. The van der Waals surface area contributed by atoms with Gasteiger partial charge in [-0.25, -0.2) is 18.2 Å². The fourth-order valence-electron chi connectivity index (χ4n) is 4.47. The average Bonchev–Trinajstić information content (AvgIpc) is 2.73. The van der Waals surface area contributed by atoms with Gasteiger partial charge in [-0.3, -0.25) is 0 Å². The maximum absolute atomic E-state index is 14.7. The number of ether oxygens (including phenoxy) is 1. The fraction of sp³-hybridized carbons (Fsp3) is 0.348. The van der Waals surface area contributed by atoms with Gasteiger partial charge in [-0.05, 0) is 25.1 Å². The number of rotatable bonds is 6. The Balaban J connectivity index is 1.50. The molecule has 1 spiro atoms. The van der Waals surface area contributed by atoms with Crippen molar-refractivity contribution < 1.29 is 17.9 Å². The van der Waals surface area contributed by atoms with Crippen LogP contribution in [0, 0.1) is 11.2 Å². The predicted molar refractivity (Wildman–Crippen MR) is 121 cm³/mol. The third-order valence-electron chi connectivity index (χ3n) is 6.29. The molecular formula is C23H23F3N6O. The van der Waals surface area contributed by atoms with Gasteiger partial charge < -0.3 is 20.7 Å². The summed E-state index contributed by atoms with van der Waals surface area (Å²) in [6.07, 6.45) is -1.75. The van der Waals surface area contributed by atoms with E-state index in [2.05, 4.69) is 25.4 Å². The van der Waals surface area contributed by atoms with E-state index in [1.807, 2.05) is 18.2 Å². The summed E-state index contributed by atoms with van der Waals surface area (Å²) in [6, 6.07) is 9.23. The maximum Gasteiger partial charge on any atom is 0.266 e. The van der Waals surface area contributed by atoms with E-state index in [1.54, 1.807) is 6.92 Å². The van der Waals surface area contributed by atoms with Gasteiger partial charge in [0.2, 0.25) is 0 Å². The van der Waals surface area contributed by atoms with E-state index in [9.17, 15) is 13.2 Å². The third kappa shape index (κ3) is 3.74. The molecule has 0 saturated carbocycles. The number of aliphatic imine (C=N–C) groups is 1. The van der Waals surface area contributed by atoms with Gasteiger partial charge in [-0.1, -0.05) is 18.2 Å². The Hall–Kier alpha value is -3.40. The third-order valence-corrected chi connectivity index (χ3v) is 6.29. The van der Waals surface area contributed by atoms with Gasteiger partial charge in [0, 0.05) is 35.1 Å². The van der Waals surface area contributed by atoms with E-state index in [0.717, 1.165) is 49.8 Å². The van der Waals surface area contributed by atoms with Gasteiger partial charge in [0.25, 0.3) is 6.43 Å². The van der Waals surface area contributed by atoms with E-state index in [4.69, 9.17) is 10.5 Å². The van der Waals surface area contributed by atoms with Gasteiger partial charge in [-0.2, -0.15) is 0 Å². The fourth-order valence-corrected chi connectivity index (χ4v) is 4.47. The van der Waals surface area contributed by atoms with Crippen molar-refractivity contribution in [2.45, 2.75) is 19.4 Å². The number of hydrogen-bond acceptors (Lipinski definition) is 6. The Morgan fingerprint density at radius 2 is 1.91 bits per heavy atom. The van der Waals surface area contributed by atoms with Crippen LogP contribution < -0.4 is 16.0 Å². The lowest BCUT2D eigenvalue weighted by atomic mass is 9.77. The summed E-state index contributed by atoms with van der Waals surface area (Å²) < 4.78 is 46.3. The molecule has 1 aromatic heterocycles. The number of halogens is 3. The minimum atomic E-state index is -2.89. The Morgan fingerprint density at radius 1 is 1.15 bits per heavy atom. The maximum atomic E-state index is 14.7. The molecule has 0 aliphatic carbocycles. The number of benzene rings is 2. The van der Waals surface area contributed by atoms with Crippen LogP contribution in [0.4, 0.5) is 30.5 Å². The molecule has 3 aromatic rings. The molecule has 5 rings (SSSR count). The van der Waals surface area contributed by atoms with Crippen LogP contribution in [0.1, 0.15) is 30.5 Å². The molecule has 172 valence electrons. The quantitative estimate of drug-likeness (QED) is 0.424. The van der Waals surface area contributed by atoms with Crippen molar-refractivity contribution in [3.05, 3.63) is 53.3 Å². The van der Waals surface area contributed by atoms with Gasteiger partial charge >= 0.3 is 0 Å².